The highest BCUT2D eigenvalue weighted by Gasteiger charge is 2.37. The van der Waals surface area contributed by atoms with E-state index in [9.17, 15) is 9.90 Å². The Labute approximate surface area is 240 Å². The molecule has 3 aromatic carbocycles. The molecule has 0 radical (unpaired) electrons. The predicted octanol–water partition coefficient (Wildman–Crippen LogP) is 7.29. The second-order valence-electron chi connectivity index (χ2n) is 9.77. The summed E-state index contributed by atoms with van der Waals surface area (Å²) in [5.74, 6) is 1.91. The number of aliphatic hydroxyl groups excluding tert-OH is 1. The number of carbonyl (C=O) groups is 1. The molecule has 0 saturated carbocycles. The van der Waals surface area contributed by atoms with Gasteiger partial charge >= 0.3 is 0 Å². The summed E-state index contributed by atoms with van der Waals surface area (Å²) in [4.78, 5) is 14.6. The third-order valence-corrected chi connectivity index (χ3v) is 9.91. The van der Waals surface area contributed by atoms with E-state index in [1.807, 2.05) is 17.8 Å². The molecule has 0 aliphatic carbocycles. The first-order valence-corrected chi connectivity index (χ1v) is 15.5. The highest BCUT2D eigenvalue weighted by atomic mass is 32.2. The molecule has 3 nitrogen and oxygen atoms in total. The lowest BCUT2D eigenvalue weighted by atomic mass is 9.84. The molecule has 1 heterocycles. The zero-order valence-corrected chi connectivity index (χ0v) is 24.4. The number of allylic oxidation sites excluding steroid dienone is 1. The number of hydrogen-bond acceptors (Lipinski definition) is 5. The molecule has 1 unspecified atom stereocenters. The fourth-order valence-electron chi connectivity index (χ4n) is 4.86. The molecule has 1 amide bonds. The van der Waals surface area contributed by atoms with Gasteiger partial charge in [-0.1, -0.05) is 141 Å². The van der Waals surface area contributed by atoms with Gasteiger partial charge in [-0.3, -0.25) is 9.69 Å². The molecule has 198 valence electrons. The molecule has 38 heavy (non-hydrogen) atoms. The lowest BCUT2D eigenvalue weighted by Gasteiger charge is -2.35. The SMILES string of the molecule is CC(C)[C@@H]1CSC(=S)N1C(=O)CC(O)C=CCCSC(c1ccccc1)(c1ccccc1)c1ccccc1. The van der Waals surface area contributed by atoms with Crippen LogP contribution in [-0.2, 0) is 9.54 Å². The molecular formula is C32H35NO2S3. The Balaban J connectivity index is 1.46. The van der Waals surface area contributed by atoms with Crippen molar-refractivity contribution in [2.24, 2.45) is 5.92 Å². The standard InChI is InChI=1S/C32H35NO2S3/c1-24(2)29-23-37-31(36)33(29)30(35)22-28(34)20-12-13-21-38-32(25-14-6-3-7-15-25,26-16-8-4-9-17-26)27-18-10-5-11-19-27/h3-12,14-20,24,28-29,34H,13,21-23H2,1-2H3/t28?,29-/m0/s1. The summed E-state index contributed by atoms with van der Waals surface area (Å²) in [6, 6.07) is 32.0. The number of amides is 1. The van der Waals surface area contributed by atoms with Gasteiger partial charge in [-0.2, -0.15) is 0 Å². The number of rotatable bonds is 11. The summed E-state index contributed by atoms with van der Waals surface area (Å²) >= 11 is 8.85. The zero-order chi connectivity index (χ0) is 27.0. The number of aliphatic hydroxyl groups is 1. The summed E-state index contributed by atoms with van der Waals surface area (Å²) in [6.45, 7) is 4.21. The van der Waals surface area contributed by atoms with E-state index >= 15 is 0 Å². The fraction of sp³-hybridized carbons (Fsp3) is 0.312. The highest BCUT2D eigenvalue weighted by molar-refractivity contribution is 8.23. The van der Waals surface area contributed by atoms with Crippen LogP contribution in [0.3, 0.4) is 0 Å². The molecule has 4 rings (SSSR count). The van der Waals surface area contributed by atoms with E-state index in [-0.39, 0.29) is 23.1 Å². The normalized spacial score (nSPS) is 16.9. The zero-order valence-electron chi connectivity index (χ0n) is 21.9. The first-order chi connectivity index (χ1) is 18.4. The van der Waals surface area contributed by atoms with Crippen LogP contribution in [0, 0.1) is 5.92 Å². The molecular weight excluding hydrogens is 527 g/mol. The van der Waals surface area contributed by atoms with Gasteiger partial charge in [-0.25, -0.2) is 0 Å². The van der Waals surface area contributed by atoms with Crippen molar-refractivity contribution in [2.45, 2.75) is 43.6 Å². The Kier molecular flexibility index (Phi) is 10.3. The number of carbonyl (C=O) groups excluding carboxylic acids is 1. The fourth-order valence-corrected chi connectivity index (χ4v) is 7.99. The van der Waals surface area contributed by atoms with Crippen LogP contribution >= 0.6 is 35.7 Å². The van der Waals surface area contributed by atoms with Crippen LogP contribution < -0.4 is 0 Å². The van der Waals surface area contributed by atoms with Gasteiger partial charge in [0.1, 0.15) is 4.32 Å². The van der Waals surface area contributed by atoms with Crippen LogP contribution in [0.2, 0.25) is 0 Å². The third kappa shape index (κ3) is 6.60. The van der Waals surface area contributed by atoms with Crippen molar-refractivity contribution in [2.75, 3.05) is 11.5 Å². The maximum Gasteiger partial charge on any atom is 0.231 e. The Bertz CT molecular complexity index is 1120. The van der Waals surface area contributed by atoms with Crippen LogP contribution in [0.5, 0.6) is 0 Å². The number of benzene rings is 3. The maximum atomic E-state index is 12.9. The third-order valence-electron chi connectivity index (χ3n) is 6.83. The molecule has 1 N–H and O–H groups in total. The van der Waals surface area contributed by atoms with Crippen LogP contribution in [0.4, 0.5) is 0 Å². The molecule has 3 aromatic rings. The average Bonchev–Trinajstić information content (AvgIpc) is 3.34. The highest BCUT2D eigenvalue weighted by Crippen LogP contribution is 2.48. The first kappa shape index (κ1) is 28.6. The number of thioether (sulfide) groups is 2. The number of hydrogen-bond donors (Lipinski definition) is 1. The van der Waals surface area contributed by atoms with E-state index in [1.165, 1.54) is 16.7 Å². The number of nitrogens with zero attached hydrogens (tertiary/aromatic N) is 1. The van der Waals surface area contributed by atoms with Crippen molar-refractivity contribution in [3.63, 3.8) is 0 Å². The summed E-state index contributed by atoms with van der Waals surface area (Å²) in [5.41, 5.74) is 3.70. The Morgan fingerprint density at radius 1 is 1.00 bits per heavy atom. The predicted molar refractivity (Wildman–Crippen MR) is 167 cm³/mol. The molecule has 1 fully saturated rings. The monoisotopic (exact) mass is 561 g/mol. The van der Waals surface area contributed by atoms with Gasteiger partial charge in [0.05, 0.1) is 17.3 Å². The Hall–Kier alpha value is -2.38. The van der Waals surface area contributed by atoms with Crippen molar-refractivity contribution >= 4 is 46.0 Å². The quantitative estimate of drug-likeness (QED) is 0.115. The van der Waals surface area contributed by atoms with Gasteiger partial charge in [-0.15, -0.1) is 11.8 Å². The minimum Gasteiger partial charge on any atom is -0.389 e. The molecule has 0 aromatic heterocycles. The molecule has 2 atom stereocenters. The topological polar surface area (TPSA) is 40.5 Å². The van der Waals surface area contributed by atoms with E-state index in [1.54, 1.807) is 22.7 Å². The van der Waals surface area contributed by atoms with Gasteiger partial charge < -0.3 is 5.11 Å². The van der Waals surface area contributed by atoms with Gasteiger partial charge in [0, 0.05) is 11.8 Å². The smallest absolute Gasteiger partial charge is 0.231 e. The van der Waals surface area contributed by atoms with Crippen LogP contribution in [-0.4, -0.2) is 43.9 Å². The maximum absolute atomic E-state index is 12.9. The minimum atomic E-state index is -0.823. The van der Waals surface area contributed by atoms with Gasteiger partial charge in [0.2, 0.25) is 5.91 Å². The first-order valence-electron chi connectivity index (χ1n) is 13.1. The van der Waals surface area contributed by atoms with Crippen LogP contribution in [0.25, 0.3) is 0 Å². The van der Waals surface area contributed by atoms with E-state index in [4.69, 9.17) is 12.2 Å². The van der Waals surface area contributed by atoms with E-state index in [2.05, 4.69) is 105 Å². The van der Waals surface area contributed by atoms with Crippen molar-refractivity contribution in [3.05, 3.63) is 120 Å². The summed E-state index contributed by atoms with van der Waals surface area (Å²) in [6.07, 6.45) is 3.75. The van der Waals surface area contributed by atoms with Gasteiger partial charge in [0.15, 0.2) is 0 Å². The molecule has 6 heteroatoms. The van der Waals surface area contributed by atoms with Crippen molar-refractivity contribution in [3.8, 4) is 0 Å². The summed E-state index contributed by atoms with van der Waals surface area (Å²) in [5, 5.41) is 10.6. The Morgan fingerprint density at radius 3 is 1.97 bits per heavy atom. The van der Waals surface area contributed by atoms with Crippen LogP contribution in [0.1, 0.15) is 43.4 Å². The Morgan fingerprint density at radius 2 is 1.50 bits per heavy atom. The summed E-state index contributed by atoms with van der Waals surface area (Å²) in [7, 11) is 0. The second-order valence-corrected chi connectivity index (χ2v) is 12.7. The van der Waals surface area contributed by atoms with Gasteiger partial charge in [0.25, 0.3) is 0 Å². The van der Waals surface area contributed by atoms with E-state index in [0.29, 0.717) is 10.2 Å². The van der Waals surface area contributed by atoms with Crippen molar-refractivity contribution < 1.29 is 9.90 Å². The number of thiocarbonyl (C=S) groups is 1. The molecule has 1 saturated heterocycles. The van der Waals surface area contributed by atoms with Crippen molar-refractivity contribution in [1.82, 2.24) is 4.90 Å². The van der Waals surface area contributed by atoms with E-state index in [0.717, 1.165) is 17.9 Å². The second kappa shape index (κ2) is 13.6. The largest absolute Gasteiger partial charge is 0.389 e. The lowest BCUT2D eigenvalue weighted by molar-refractivity contribution is -0.130. The molecule has 0 spiro atoms. The van der Waals surface area contributed by atoms with E-state index < -0.39 is 6.10 Å². The molecule has 1 aliphatic heterocycles. The lowest BCUT2D eigenvalue weighted by Crippen LogP contribution is -2.42. The van der Waals surface area contributed by atoms with Crippen LogP contribution in [0.15, 0.2) is 103 Å². The average molecular weight is 562 g/mol. The summed E-state index contributed by atoms with van der Waals surface area (Å²) < 4.78 is 0.265. The van der Waals surface area contributed by atoms with Gasteiger partial charge in [-0.05, 0) is 34.8 Å². The van der Waals surface area contributed by atoms with Crippen molar-refractivity contribution in [1.29, 1.82) is 0 Å². The molecule has 1 aliphatic rings. The molecule has 0 bridgehead atoms. The minimum absolute atomic E-state index is 0.0511.